The van der Waals surface area contributed by atoms with Crippen LogP contribution < -0.4 is 5.32 Å². The third kappa shape index (κ3) is 5.14. The van der Waals surface area contributed by atoms with Gasteiger partial charge in [0.15, 0.2) is 5.82 Å². The lowest BCUT2D eigenvalue weighted by molar-refractivity contribution is 0.155. The van der Waals surface area contributed by atoms with Gasteiger partial charge in [0, 0.05) is 6.42 Å². The van der Waals surface area contributed by atoms with Crippen LogP contribution in [-0.4, -0.2) is 41.7 Å². The molecule has 130 valence electrons. The van der Waals surface area contributed by atoms with Gasteiger partial charge in [-0.25, -0.2) is 0 Å². The van der Waals surface area contributed by atoms with Crippen LogP contribution in [0.3, 0.4) is 0 Å². The minimum atomic E-state index is 0.756. The van der Waals surface area contributed by atoms with Crippen LogP contribution >= 0.6 is 0 Å². The number of nitrogens with one attached hydrogen (secondary N) is 1. The van der Waals surface area contributed by atoms with E-state index >= 15 is 0 Å². The molecule has 3 rings (SSSR count). The van der Waals surface area contributed by atoms with Crippen LogP contribution in [0.1, 0.15) is 36.5 Å². The van der Waals surface area contributed by atoms with Gasteiger partial charge in [-0.15, -0.1) is 0 Å². The Kier molecular flexibility index (Phi) is 6.38. The van der Waals surface area contributed by atoms with Gasteiger partial charge in [-0.3, -0.25) is 4.90 Å². The molecule has 1 saturated heterocycles. The average Bonchev–Trinajstić information content (AvgIpc) is 3.08. The summed E-state index contributed by atoms with van der Waals surface area (Å²) in [5, 5.41) is 7.38. The SMILES string of the molecule is CNCCC1CCN(Cc2nc(CCc3ccccc3)no2)CC1. The summed E-state index contributed by atoms with van der Waals surface area (Å²) in [5.74, 6) is 2.43. The monoisotopic (exact) mass is 328 g/mol. The Morgan fingerprint density at radius 1 is 1.17 bits per heavy atom. The lowest BCUT2D eigenvalue weighted by Gasteiger charge is -2.30. The first-order chi connectivity index (χ1) is 11.8. The van der Waals surface area contributed by atoms with Crippen molar-refractivity contribution in [1.29, 1.82) is 0 Å². The summed E-state index contributed by atoms with van der Waals surface area (Å²) in [6, 6.07) is 10.4. The van der Waals surface area contributed by atoms with Crippen LogP contribution in [-0.2, 0) is 19.4 Å². The molecule has 0 spiro atoms. The van der Waals surface area contributed by atoms with Gasteiger partial charge in [-0.1, -0.05) is 35.5 Å². The first kappa shape index (κ1) is 17.1. The first-order valence-electron chi connectivity index (χ1n) is 9.06. The second-order valence-corrected chi connectivity index (χ2v) is 6.70. The number of nitrogens with zero attached hydrogens (tertiary/aromatic N) is 3. The van der Waals surface area contributed by atoms with Gasteiger partial charge in [0.05, 0.1) is 6.54 Å². The molecule has 1 aromatic carbocycles. The summed E-state index contributed by atoms with van der Waals surface area (Å²) in [6.07, 6.45) is 5.62. The molecule has 5 nitrogen and oxygen atoms in total. The largest absolute Gasteiger partial charge is 0.338 e. The predicted octanol–water partition coefficient (Wildman–Crippen LogP) is 2.68. The number of benzene rings is 1. The molecular formula is C19H28N4O. The molecule has 0 unspecified atom stereocenters. The summed E-state index contributed by atoms with van der Waals surface area (Å²) in [7, 11) is 2.03. The smallest absolute Gasteiger partial charge is 0.240 e. The van der Waals surface area contributed by atoms with Gasteiger partial charge < -0.3 is 9.84 Å². The molecule has 0 bridgehead atoms. The van der Waals surface area contributed by atoms with Crippen LogP contribution in [0.4, 0.5) is 0 Å². The highest BCUT2D eigenvalue weighted by Crippen LogP contribution is 2.21. The second-order valence-electron chi connectivity index (χ2n) is 6.70. The Hall–Kier alpha value is -1.72. The molecule has 1 N–H and O–H groups in total. The maximum absolute atomic E-state index is 5.43. The zero-order valence-corrected chi connectivity index (χ0v) is 14.6. The van der Waals surface area contributed by atoms with E-state index < -0.39 is 0 Å². The lowest BCUT2D eigenvalue weighted by atomic mass is 9.93. The maximum atomic E-state index is 5.43. The van der Waals surface area contributed by atoms with Crippen molar-refractivity contribution in [2.45, 2.75) is 38.6 Å². The Morgan fingerprint density at radius 3 is 2.71 bits per heavy atom. The number of hydrogen-bond donors (Lipinski definition) is 1. The molecule has 1 aliphatic rings. The van der Waals surface area contributed by atoms with Gasteiger partial charge in [-0.05, 0) is 63.8 Å². The molecule has 2 heterocycles. The van der Waals surface area contributed by atoms with Crippen molar-refractivity contribution in [3.8, 4) is 0 Å². The normalized spacial score (nSPS) is 16.5. The Morgan fingerprint density at radius 2 is 1.96 bits per heavy atom. The molecule has 2 aromatic rings. The highest BCUT2D eigenvalue weighted by Gasteiger charge is 2.20. The summed E-state index contributed by atoms with van der Waals surface area (Å²) in [5.41, 5.74) is 1.31. The summed E-state index contributed by atoms with van der Waals surface area (Å²) in [6.45, 7) is 4.18. The molecule has 1 aliphatic heterocycles. The van der Waals surface area contributed by atoms with Gasteiger partial charge >= 0.3 is 0 Å². The zero-order valence-electron chi connectivity index (χ0n) is 14.6. The minimum Gasteiger partial charge on any atom is -0.338 e. The second kappa shape index (κ2) is 8.94. The van der Waals surface area contributed by atoms with E-state index in [9.17, 15) is 0 Å². The molecule has 5 heteroatoms. The molecule has 0 radical (unpaired) electrons. The molecule has 1 aromatic heterocycles. The van der Waals surface area contributed by atoms with E-state index in [1.165, 1.54) is 24.8 Å². The van der Waals surface area contributed by atoms with E-state index in [1.807, 2.05) is 13.1 Å². The quantitative estimate of drug-likeness (QED) is 0.807. The fourth-order valence-electron chi connectivity index (χ4n) is 3.33. The Balaban J connectivity index is 1.41. The highest BCUT2D eigenvalue weighted by atomic mass is 16.5. The molecule has 0 aliphatic carbocycles. The summed E-state index contributed by atoms with van der Waals surface area (Å²) < 4.78 is 5.43. The summed E-state index contributed by atoms with van der Waals surface area (Å²) >= 11 is 0. The number of likely N-dealkylation sites (tertiary alicyclic amines) is 1. The predicted molar refractivity (Wildman–Crippen MR) is 94.7 cm³/mol. The highest BCUT2D eigenvalue weighted by molar-refractivity contribution is 5.15. The number of aryl methyl sites for hydroxylation is 2. The first-order valence-corrected chi connectivity index (χ1v) is 9.06. The third-order valence-electron chi connectivity index (χ3n) is 4.86. The number of piperidine rings is 1. The number of hydrogen-bond acceptors (Lipinski definition) is 5. The molecule has 0 atom stereocenters. The Labute approximate surface area is 144 Å². The maximum Gasteiger partial charge on any atom is 0.240 e. The average molecular weight is 328 g/mol. The van der Waals surface area contributed by atoms with Gasteiger partial charge in [0.25, 0.3) is 0 Å². The van der Waals surface area contributed by atoms with E-state index in [4.69, 9.17) is 4.52 Å². The lowest BCUT2D eigenvalue weighted by Crippen LogP contribution is -2.34. The van der Waals surface area contributed by atoms with Crippen molar-refractivity contribution in [2.75, 3.05) is 26.7 Å². The summed E-state index contributed by atoms with van der Waals surface area (Å²) in [4.78, 5) is 6.99. The standard InChI is InChI=1S/C19H28N4O/c1-20-12-9-17-10-13-23(14-11-17)15-19-21-18(22-24-19)8-7-16-5-3-2-4-6-16/h2-6,17,20H,7-15H2,1H3. The fraction of sp³-hybridized carbons (Fsp3) is 0.579. The number of aromatic nitrogens is 2. The van der Waals surface area contributed by atoms with Gasteiger partial charge in [0.2, 0.25) is 5.89 Å². The Bertz CT molecular complexity index is 590. The van der Waals surface area contributed by atoms with E-state index in [2.05, 4.69) is 44.6 Å². The molecular weight excluding hydrogens is 300 g/mol. The van der Waals surface area contributed by atoms with Crippen molar-refractivity contribution < 1.29 is 4.52 Å². The topological polar surface area (TPSA) is 54.2 Å². The molecule has 24 heavy (non-hydrogen) atoms. The minimum absolute atomic E-state index is 0.756. The number of rotatable bonds is 8. The van der Waals surface area contributed by atoms with E-state index in [-0.39, 0.29) is 0 Å². The van der Waals surface area contributed by atoms with Gasteiger partial charge in [-0.2, -0.15) is 4.98 Å². The van der Waals surface area contributed by atoms with E-state index in [0.29, 0.717) is 0 Å². The van der Waals surface area contributed by atoms with Crippen LogP contribution in [0.25, 0.3) is 0 Å². The van der Waals surface area contributed by atoms with Crippen molar-refractivity contribution in [2.24, 2.45) is 5.92 Å². The van der Waals surface area contributed by atoms with Crippen molar-refractivity contribution in [3.63, 3.8) is 0 Å². The van der Waals surface area contributed by atoms with Crippen LogP contribution in [0.2, 0.25) is 0 Å². The zero-order chi connectivity index (χ0) is 16.6. The van der Waals surface area contributed by atoms with Crippen LogP contribution in [0, 0.1) is 5.92 Å². The third-order valence-corrected chi connectivity index (χ3v) is 4.86. The van der Waals surface area contributed by atoms with Crippen molar-refractivity contribution in [1.82, 2.24) is 20.4 Å². The molecule has 0 saturated carbocycles. The fourth-order valence-corrected chi connectivity index (χ4v) is 3.33. The van der Waals surface area contributed by atoms with E-state index in [0.717, 1.165) is 56.7 Å². The van der Waals surface area contributed by atoms with Crippen LogP contribution in [0.5, 0.6) is 0 Å². The van der Waals surface area contributed by atoms with E-state index in [1.54, 1.807) is 0 Å². The van der Waals surface area contributed by atoms with Crippen molar-refractivity contribution in [3.05, 3.63) is 47.6 Å². The van der Waals surface area contributed by atoms with Crippen molar-refractivity contribution >= 4 is 0 Å². The molecule has 0 amide bonds. The van der Waals surface area contributed by atoms with Crippen LogP contribution in [0.15, 0.2) is 34.9 Å². The molecule has 1 fully saturated rings. The van der Waals surface area contributed by atoms with Gasteiger partial charge in [0.1, 0.15) is 0 Å².